The number of hydrogen-bond donors (Lipinski definition) is 1. The predicted molar refractivity (Wildman–Crippen MR) is 64.8 cm³/mol. The van der Waals surface area contributed by atoms with Crippen molar-refractivity contribution in [2.75, 3.05) is 19.6 Å². The molecule has 5 nitrogen and oxygen atoms in total. The Bertz CT molecular complexity index is 489. The van der Waals surface area contributed by atoms with Gasteiger partial charge in [-0.15, -0.1) is 0 Å². The quantitative estimate of drug-likeness (QED) is 0.850. The molecule has 2 heterocycles. The van der Waals surface area contributed by atoms with Gasteiger partial charge in [0.15, 0.2) is 0 Å². The highest BCUT2D eigenvalue weighted by Gasteiger charge is 2.38. The van der Waals surface area contributed by atoms with Crippen molar-refractivity contribution in [3.8, 4) is 0 Å². The van der Waals surface area contributed by atoms with Crippen LogP contribution in [0, 0.1) is 5.41 Å². The molecule has 6 heteroatoms. The van der Waals surface area contributed by atoms with Crippen molar-refractivity contribution in [1.29, 1.82) is 0 Å². The molecule has 1 atom stereocenters. The molecule has 0 aromatic carbocycles. The van der Waals surface area contributed by atoms with E-state index in [1.807, 2.05) is 6.92 Å². The highest BCUT2D eigenvalue weighted by Crippen LogP contribution is 2.32. The van der Waals surface area contributed by atoms with Crippen molar-refractivity contribution in [3.63, 3.8) is 0 Å². The largest absolute Gasteiger partial charge is 0.330 e. The Morgan fingerprint density at radius 1 is 1.59 bits per heavy atom. The zero-order chi connectivity index (χ0) is 12.5. The van der Waals surface area contributed by atoms with E-state index in [4.69, 9.17) is 5.73 Å². The molecule has 1 unspecified atom stereocenters. The van der Waals surface area contributed by atoms with Crippen molar-refractivity contribution in [3.05, 3.63) is 24.5 Å². The van der Waals surface area contributed by atoms with Gasteiger partial charge in [-0.25, -0.2) is 8.42 Å². The van der Waals surface area contributed by atoms with E-state index in [1.165, 1.54) is 10.5 Å². The first-order valence-corrected chi connectivity index (χ1v) is 7.02. The number of aromatic nitrogens is 1. The Kier molecular flexibility index (Phi) is 3.20. The van der Waals surface area contributed by atoms with Gasteiger partial charge >= 0.3 is 0 Å². The van der Waals surface area contributed by atoms with Gasteiger partial charge in [0.25, 0.3) is 0 Å². The van der Waals surface area contributed by atoms with Crippen LogP contribution in [0.5, 0.6) is 0 Å². The van der Waals surface area contributed by atoms with E-state index in [0.29, 0.717) is 19.6 Å². The van der Waals surface area contributed by atoms with E-state index in [-0.39, 0.29) is 10.3 Å². The number of nitrogens with two attached hydrogens (primary N) is 1. The Hall–Kier alpha value is -0.980. The molecule has 17 heavy (non-hydrogen) atoms. The van der Waals surface area contributed by atoms with Crippen molar-refractivity contribution in [2.45, 2.75) is 18.2 Å². The van der Waals surface area contributed by atoms with E-state index in [2.05, 4.69) is 4.98 Å². The molecule has 1 aliphatic heterocycles. The molecular weight excluding hydrogens is 238 g/mol. The third kappa shape index (κ3) is 2.34. The van der Waals surface area contributed by atoms with Crippen molar-refractivity contribution >= 4 is 10.0 Å². The SMILES string of the molecule is CC1(CN)CCN(S(=O)(=O)c2cccnc2)C1. The summed E-state index contributed by atoms with van der Waals surface area (Å²) < 4.78 is 26.1. The fourth-order valence-electron chi connectivity index (χ4n) is 2.00. The smallest absolute Gasteiger partial charge is 0.244 e. The summed E-state index contributed by atoms with van der Waals surface area (Å²) in [7, 11) is -3.40. The molecule has 1 saturated heterocycles. The third-order valence-corrected chi connectivity index (χ3v) is 5.12. The number of nitrogens with zero attached hydrogens (tertiary/aromatic N) is 2. The van der Waals surface area contributed by atoms with Crippen LogP contribution < -0.4 is 5.73 Å². The lowest BCUT2D eigenvalue weighted by molar-refractivity contribution is 0.349. The molecule has 1 aromatic heterocycles. The fourth-order valence-corrected chi connectivity index (χ4v) is 3.56. The van der Waals surface area contributed by atoms with E-state index in [0.717, 1.165) is 6.42 Å². The second-order valence-electron chi connectivity index (χ2n) is 4.79. The lowest BCUT2D eigenvalue weighted by atomic mass is 9.90. The van der Waals surface area contributed by atoms with Crippen LogP contribution in [0.1, 0.15) is 13.3 Å². The molecule has 0 spiro atoms. The van der Waals surface area contributed by atoms with Crippen LogP contribution in [-0.4, -0.2) is 37.3 Å². The average molecular weight is 255 g/mol. The maximum Gasteiger partial charge on any atom is 0.244 e. The van der Waals surface area contributed by atoms with Gasteiger partial charge in [-0.05, 0) is 30.5 Å². The number of pyridine rings is 1. The van der Waals surface area contributed by atoms with Gasteiger partial charge in [0.1, 0.15) is 4.90 Å². The van der Waals surface area contributed by atoms with E-state index >= 15 is 0 Å². The minimum absolute atomic E-state index is 0.102. The van der Waals surface area contributed by atoms with Gasteiger partial charge in [0.05, 0.1) is 0 Å². The number of rotatable bonds is 3. The normalized spacial score (nSPS) is 26.2. The topological polar surface area (TPSA) is 76.3 Å². The molecule has 0 amide bonds. The molecule has 0 radical (unpaired) electrons. The summed E-state index contributed by atoms with van der Waals surface area (Å²) in [5, 5.41) is 0. The van der Waals surface area contributed by atoms with Crippen LogP contribution in [0.3, 0.4) is 0 Å². The fraction of sp³-hybridized carbons (Fsp3) is 0.545. The maximum absolute atomic E-state index is 12.3. The summed E-state index contributed by atoms with van der Waals surface area (Å²) in [6.45, 7) is 3.55. The zero-order valence-corrected chi connectivity index (χ0v) is 10.7. The highest BCUT2D eigenvalue weighted by molar-refractivity contribution is 7.89. The Balaban J connectivity index is 2.25. The van der Waals surface area contributed by atoms with Crippen molar-refractivity contribution < 1.29 is 8.42 Å². The molecule has 2 rings (SSSR count). The summed E-state index contributed by atoms with van der Waals surface area (Å²) in [4.78, 5) is 4.10. The van der Waals surface area contributed by atoms with E-state index < -0.39 is 10.0 Å². The Labute approximate surface area is 102 Å². The van der Waals surface area contributed by atoms with Crippen LogP contribution >= 0.6 is 0 Å². The van der Waals surface area contributed by atoms with Gasteiger partial charge in [0.2, 0.25) is 10.0 Å². The number of sulfonamides is 1. The third-order valence-electron chi connectivity index (χ3n) is 3.29. The van der Waals surface area contributed by atoms with Gasteiger partial charge < -0.3 is 5.73 Å². The monoisotopic (exact) mass is 255 g/mol. The van der Waals surface area contributed by atoms with Crippen LogP contribution in [0.15, 0.2) is 29.4 Å². The highest BCUT2D eigenvalue weighted by atomic mass is 32.2. The maximum atomic E-state index is 12.3. The summed E-state index contributed by atoms with van der Waals surface area (Å²) >= 11 is 0. The summed E-state index contributed by atoms with van der Waals surface area (Å²) in [5.74, 6) is 0. The molecule has 0 saturated carbocycles. The molecular formula is C11H17N3O2S. The van der Waals surface area contributed by atoms with Crippen LogP contribution in [0.4, 0.5) is 0 Å². The summed E-state index contributed by atoms with van der Waals surface area (Å²) in [6.07, 6.45) is 3.75. The second-order valence-corrected chi connectivity index (χ2v) is 6.73. The predicted octanol–water partition coefficient (Wildman–Crippen LogP) is 0.441. The Morgan fingerprint density at radius 2 is 2.35 bits per heavy atom. The van der Waals surface area contributed by atoms with Gasteiger partial charge in [0, 0.05) is 25.5 Å². The summed E-state index contributed by atoms with van der Waals surface area (Å²) in [6, 6.07) is 3.20. The van der Waals surface area contributed by atoms with E-state index in [9.17, 15) is 8.42 Å². The minimum Gasteiger partial charge on any atom is -0.330 e. The first-order valence-electron chi connectivity index (χ1n) is 5.58. The van der Waals surface area contributed by atoms with Gasteiger partial charge in [-0.1, -0.05) is 6.92 Å². The molecule has 0 aliphatic carbocycles. The van der Waals surface area contributed by atoms with Crippen molar-refractivity contribution in [2.24, 2.45) is 11.1 Å². The van der Waals surface area contributed by atoms with Crippen molar-refractivity contribution in [1.82, 2.24) is 9.29 Å². The standard InChI is InChI=1S/C11H17N3O2S/c1-11(8-12)4-6-14(9-11)17(15,16)10-3-2-5-13-7-10/h2-3,5,7H,4,6,8-9,12H2,1H3. The second kappa shape index (κ2) is 4.36. The van der Waals surface area contributed by atoms with Crippen LogP contribution in [-0.2, 0) is 10.0 Å². The lowest BCUT2D eigenvalue weighted by Gasteiger charge is -2.22. The minimum atomic E-state index is -3.40. The molecule has 0 bridgehead atoms. The zero-order valence-electron chi connectivity index (χ0n) is 9.83. The lowest BCUT2D eigenvalue weighted by Crippen LogP contribution is -2.34. The molecule has 1 fully saturated rings. The average Bonchev–Trinajstić information content (AvgIpc) is 2.75. The van der Waals surface area contributed by atoms with Gasteiger partial charge in [-0.3, -0.25) is 4.98 Å². The van der Waals surface area contributed by atoms with Crippen LogP contribution in [0.2, 0.25) is 0 Å². The molecule has 94 valence electrons. The molecule has 2 N–H and O–H groups in total. The number of hydrogen-bond acceptors (Lipinski definition) is 4. The first-order chi connectivity index (χ1) is 7.98. The van der Waals surface area contributed by atoms with Crippen LogP contribution in [0.25, 0.3) is 0 Å². The first kappa shape index (κ1) is 12.5. The van der Waals surface area contributed by atoms with E-state index in [1.54, 1.807) is 18.3 Å². The van der Waals surface area contributed by atoms with Gasteiger partial charge in [-0.2, -0.15) is 4.31 Å². The Morgan fingerprint density at radius 3 is 2.88 bits per heavy atom. The molecule has 1 aromatic rings. The molecule has 1 aliphatic rings. The summed E-state index contributed by atoms with van der Waals surface area (Å²) in [5.41, 5.74) is 5.58.